The minimum Gasteiger partial charge on any atom is -0.327 e. The normalized spacial score (nSPS) is 18.9. The van der Waals surface area contributed by atoms with Crippen molar-refractivity contribution in [1.29, 1.82) is 0 Å². The van der Waals surface area contributed by atoms with E-state index >= 15 is 0 Å². The van der Waals surface area contributed by atoms with Crippen LogP contribution in [0, 0.1) is 5.92 Å². The van der Waals surface area contributed by atoms with Gasteiger partial charge in [0.15, 0.2) is 0 Å². The number of nitrogens with two attached hydrogens (primary N) is 1. The SMILES string of the molecule is NC(Cc1ccccn1)CC1CCC1. The number of hydrogen-bond donors (Lipinski definition) is 1. The Balaban J connectivity index is 1.79. The molecule has 1 saturated carbocycles. The topological polar surface area (TPSA) is 38.9 Å². The Labute approximate surface area is 85.5 Å². The predicted octanol–water partition coefficient (Wildman–Crippen LogP) is 2.14. The van der Waals surface area contributed by atoms with Gasteiger partial charge in [-0.05, 0) is 24.5 Å². The average Bonchev–Trinajstić information content (AvgIpc) is 2.13. The second-order valence-corrected chi connectivity index (χ2v) is 4.32. The molecule has 1 unspecified atom stereocenters. The van der Waals surface area contributed by atoms with Gasteiger partial charge >= 0.3 is 0 Å². The number of nitrogens with zero attached hydrogens (tertiary/aromatic N) is 1. The summed E-state index contributed by atoms with van der Waals surface area (Å²) in [6, 6.07) is 6.33. The summed E-state index contributed by atoms with van der Waals surface area (Å²) < 4.78 is 0. The van der Waals surface area contributed by atoms with Gasteiger partial charge in [0.05, 0.1) is 0 Å². The molecule has 0 saturated heterocycles. The van der Waals surface area contributed by atoms with Gasteiger partial charge in [0.25, 0.3) is 0 Å². The Morgan fingerprint density at radius 1 is 1.43 bits per heavy atom. The zero-order valence-corrected chi connectivity index (χ0v) is 8.52. The van der Waals surface area contributed by atoms with Crippen molar-refractivity contribution in [3.63, 3.8) is 0 Å². The molecule has 2 N–H and O–H groups in total. The van der Waals surface area contributed by atoms with Crippen molar-refractivity contribution in [2.75, 3.05) is 0 Å². The second-order valence-electron chi connectivity index (χ2n) is 4.32. The van der Waals surface area contributed by atoms with Crippen molar-refractivity contribution in [3.05, 3.63) is 30.1 Å². The summed E-state index contributed by atoms with van der Waals surface area (Å²) >= 11 is 0. The quantitative estimate of drug-likeness (QED) is 0.790. The molecule has 1 atom stereocenters. The molecular formula is C12H18N2. The summed E-state index contributed by atoms with van der Waals surface area (Å²) in [6.07, 6.45) is 8.12. The highest BCUT2D eigenvalue weighted by atomic mass is 14.7. The van der Waals surface area contributed by atoms with Gasteiger partial charge in [0, 0.05) is 24.4 Å². The fourth-order valence-corrected chi connectivity index (χ4v) is 2.03. The smallest absolute Gasteiger partial charge is 0.0419 e. The van der Waals surface area contributed by atoms with Crippen molar-refractivity contribution in [1.82, 2.24) is 4.98 Å². The maximum absolute atomic E-state index is 6.08. The first-order chi connectivity index (χ1) is 6.84. The number of hydrogen-bond acceptors (Lipinski definition) is 2. The fourth-order valence-electron chi connectivity index (χ4n) is 2.03. The predicted molar refractivity (Wildman–Crippen MR) is 57.9 cm³/mol. The van der Waals surface area contributed by atoms with E-state index in [0.29, 0.717) is 6.04 Å². The van der Waals surface area contributed by atoms with E-state index in [0.717, 1.165) is 18.0 Å². The monoisotopic (exact) mass is 190 g/mol. The van der Waals surface area contributed by atoms with Crippen LogP contribution in [0.1, 0.15) is 31.4 Å². The molecule has 2 heteroatoms. The minimum absolute atomic E-state index is 0.301. The van der Waals surface area contributed by atoms with E-state index in [2.05, 4.69) is 11.1 Å². The molecule has 0 aromatic carbocycles. The molecular weight excluding hydrogens is 172 g/mol. The van der Waals surface area contributed by atoms with E-state index in [4.69, 9.17) is 5.73 Å². The highest BCUT2D eigenvalue weighted by Crippen LogP contribution is 2.30. The van der Waals surface area contributed by atoms with Crippen molar-refractivity contribution in [2.45, 2.75) is 38.1 Å². The maximum Gasteiger partial charge on any atom is 0.0419 e. The third-order valence-corrected chi connectivity index (χ3v) is 3.06. The van der Waals surface area contributed by atoms with Gasteiger partial charge in [-0.2, -0.15) is 0 Å². The van der Waals surface area contributed by atoms with Crippen LogP contribution in [0.3, 0.4) is 0 Å². The van der Waals surface area contributed by atoms with E-state index in [1.54, 1.807) is 0 Å². The van der Waals surface area contributed by atoms with Gasteiger partial charge in [-0.25, -0.2) is 0 Å². The third kappa shape index (κ3) is 2.55. The zero-order valence-electron chi connectivity index (χ0n) is 8.52. The summed E-state index contributed by atoms with van der Waals surface area (Å²) in [4.78, 5) is 4.29. The van der Waals surface area contributed by atoms with Gasteiger partial charge in [-0.1, -0.05) is 25.3 Å². The van der Waals surface area contributed by atoms with Crippen LogP contribution in [0.4, 0.5) is 0 Å². The minimum atomic E-state index is 0.301. The number of pyridine rings is 1. The first-order valence-electron chi connectivity index (χ1n) is 5.50. The molecule has 1 aliphatic carbocycles. The van der Waals surface area contributed by atoms with E-state index in [1.165, 1.54) is 25.7 Å². The van der Waals surface area contributed by atoms with Crippen LogP contribution in [-0.4, -0.2) is 11.0 Å². The lowest BCUT2D eigenvalue weighted by Crippen LogP contribution is -2.28. The lowest BCUT2D eigenvalue weighted by Gasteiger charge is -2.27. The molecule has 1 aromatic rings. The molecule has 2 rings (SSSR count). The number of rotatable bonds is 4. The van der Waals surface area contributed by atoms with Gasteiger partial charge in [0.2, 0.25) is 0 Å². The van der Waals surface area contributed by atoms with Crippen LogP contribution in [0.15, 0.2) is 24.4 Å². The summed E-state index contributed by atoms with van der Waals surface area (Å²) in [5.74, 6) is 0.897. The van der Waals surface area contributed by atoms with Gasteiger partial charge in [-0.3, -0.25) is 4.98 Å². The molecule has 1 aliphatic rings. The summed E-state index contributed by atoms with van der Waals surface area (Å²) in [6.45, 7) is 0. The Bertz CT molecular complexity index is 267. The van der Waals surface area contributed by atoms with E-state index in [1.807, 2.05) is 18.3 Å². The lowest BCUT2D eigenvalue weighted by atomic mass is 9.80. The van der Waals surface area contributed by atoms with E-state index in [-0.39, 0.29) is 0 Å². The summed E-state index contributed by atoms with van der Waals surface area (Å²) in [7, 11) is 0. The van der Waals surface area contributed by atoms with Gasteiger partial charge in [0.1, 0.15) is 0 Å². The molecule has 0 spiro atoms. The van der Waals surface area contributed by atoms with Crippen molar-refractivity contribution in [3.8, 4) is 0 Å². The Morgan fingerprint density at radius 2 is 2.29 bits per heavy atom. The second kappa shape index (κ2) is 4.56. The molecule has 76 valence electrons. The molecule has 14 heavy (non-hydrogen) atoms. The third-order valence-electron chi connectivity index (χ3n) is 3.06. The molecule has 0 amide bonds. The van der Waals surface area contributed by atoms with Crippen molar-refractivity contribution in [2.24, 2.45) is 11.7 Å². The highest BCUT2D eigenvalue weighted by molar-refractivity contribution is 5.05. The van der Waals surface area contributed by atoms with Gasteiger partial charge < -0.3 is 5.73 Å². The largest absolute Gasteiger partial charge is 0.327 e. The van der Waals surface area contributed by atoms with Crippen molar-refractivity contribution >= 4 is 0 Å². The summed E-state index contributed by atoms with van der Waals surface area (Å²) in [5.41, 5.74) is 7.20. The Morgan fingerprint density at radius 3 is 2.86 bits per heavy atom. The molecule has 0 radical (unpaired) electrons. The number of aromatic nitrogens is 1. The Hall–Kier alpha value is -0.890. The van der Waals surface area contributed by atoms with Crippen LogP contribution >= 0.6 is 0 Å². The van der Waals surface area contributed by atoms with Crippen LogP contribution in [0.25, 0.3) is 0 Å². The lowest BCUT2D eigenvalue weighted by molar-refractivity contribution is 0.275. The van der Waals surface area contributed by atoms with Crippen LogP contribution in [-0.2, 0) is 6.42 Å². The standard InChI is InChI=1S/C12H18N2/c13-11(8-10-4-3-5-10)9-12-6-1-2-7-14-12/h1-2,6-7,10-11H,3-5,8-9,13H2. The molecule has 1 aromatic heterocycles. The Kier molecular flexibility index (Phi) is 3.14. The molecule has 0 aliphatic heterocycles. The highest BCUT2D eigenvalue weighted by Gasteiger charge is 2.20. The average molecular weight is 190 g/mol. The first kappa shape index (κ1) is 9.66. The van der Waals surface area contributed by atoms with Crippen molar-refractivity contribution < 1.29 is 0 Å². The first-order valence-corrected chi connectivity index (χ1v) is 5.50. The molecule has 1 fully saturated rings. The zero-order chi connectivity index (χ0) is 9.80. The molecule has 2 nitrogen and oxygen atoms in total. The van der Waals surface area contributed by atoms with Crippen LogP contribution in [0.2, 0.25) is 0 Å². The van der Waals surface area contributed by atoms with Gasteiger partial charge in [-0.15, -0.1) is 0 Å². The summed E-state index contributed by atoms with van der Waals surface area (Å²) in [5, 5.41) is 0. The van der Waals surface area contributed by atoms with E-state index < -0.39 is 0 Å². The van der Waals surface area contributed by atoms with E-state index in [9.17, 15) is 0 Å². The molecule has 0 bridgehead atoms. The fraction of sp³-hybridized carbons (Fsp3) is 0.583. The molecule has 1 heterocycles. The van der Waals surface area contributed by atoms with Crippen LogP contribution in [0.5, 0.6) is 0 Å². The maximum atomic E-state index is 6.08. The van der Waals surface area contributed by atoms with Crippen LogP contribution < -0.4 is 5.73 Å².